The number of nitrogen functional groups attached to an aromatic ring is 1. The highest BCUT2D eigenvalue weighted by Crippen LogP contribution is 2.22. The fourth-order valence-corrected chi connectivity index (χ4v) is 1.40. The smallest absolute Gasteiger partial charge is 0.125 e. The minimum Gasteiger partial charge on any atom is -0.491 e. The van der Waals surface area contributed by atoms with Gasteiger partial charge in [-0.2, -0.15) is 0 Å². The van der Waals surface area contributed by atoms with Crippen LogP contribution in [0.15, 0.2) is 18.2 Å². The molecule has 0 heterocycles. The predicted octanol–water partition coefficient (Wildman–Crippen LogP) is 2.93. The predicted molar refractivity (Wildman–Crippen MR) is 66.9 cm³/mol. The molecule has 96 valence electrons. The van der Waals surface area contributed by atoms with Crippen LogP contribution in [0, 0.1) is 0 Å². The summed E-state index contributed by atoms with van der Waals surface area (Å²) in [6, 6.07) is 4.98. The number of benzene rings is 1. The van der Waals surface area contributed by atoms with Gasteiger partial charge in [-0.25, -0.2) is 4.39 Å². The normalized spacial score (nSPS) is 10.5. The van der Waals surface area contributed by atoms with E-state index in [9.17, 15) is 4.39 Å². The zero-order valence-electron chi connectivity index (χ0n) is 10.2. The molecule has 0 spiro atoms. The Morgan fingerprint density at radius 1 is 1.24 bits per heavy atom. The van der Waals surface area contributed by atoms with Crippen molar-refractivity contribution in [3.8, 4) is 5.75 Å². The Morgan fingerprint density at radius 2 is 2.06 bits per heavy atom. The van der Waals surface area contributed by atoms with E-state index in [1.165, 1.54) is 0 Å². The maximum Gasteiger partial charge on any atom is 0.125 e. The third kappa shape index (κ3) is 5.04. The van der Waals surface area contributed by atoms with E-state index in [1.807, 2.05) is 0 Å². The van der Waals surface area contributed by atoms with E-state index in [2.05, 4.69) is 6.92 Å². The molecule has 1 aromatic carbocycles. The van der Waals surface area contributed by atoms with Crippen molar-refractivity contribution in [2.75, 3.05) is 25.6 Å². The maximum absolute atomic E-state index is 12.7. The van der Waals surface area contributed by atoms with E-state index in [0.717, 1.165) is 19.4 Å². The van der Waals surface area contributed by atoms with Crippen molar-refractivity contribution in [2.45, 2.75) is 26.4 Å². The molecule has 0 aliphatic heterocycles. The highest BCUT2D eigenvalue weighted by atomic mass is 19.1. The average molecular weight is 241 g/mol. The number of nitrogens with two attached hydrogens (primary N) is 1. The minimum atomic E-state index is -0.572. The Morgan fingerprint density at radius 3 is 2.76 bits per heavy atom. The Balaban J connectivity index is 2.31. The average Bonchev–Trinajstić information content (AvgIpc) is 2.35. The number of alkyl halides is 1. The highest BCUT2D eigenvalue weighted by Gasteiger charge is 2.03. The van der Waals surface area contributed by atoms with Gasteiger partial charge in [0.15, 0.2) is 0 Å². The topological polar surface area (TPSA) is 44.5 Å². The molecule has 0 radical (unpaired) electrons. The molecule has 4 heteroatoms. The van der Waals surface area contributed by atoms with E-state index in [0.29, 0.717) is 30.2 Å². The van der Waals surface area contributed by atoms with Crippen molar-refractivity contribution >= 4 is 5.69 Å². The molecule has 1 aromatic rings. The Labute approximate surface area is 102 Å². The van der Waals surface area contributed by atoms with Gasteiger partial charge in [-0.3, -0.25) is 0 Å². The third-order valence-corrected chi connectivity index (χ3v) is 2.36. The van der Waals surface area contributed by atoms with Gasteiger partial charge in [0, 0.05) is 17.9 Å². The maximum atomic E-state index is 12.7. The number of ether oxygens (including phenoxy) is 2. The number of unbranched alkanes of at least 4 members (excludes halogenated alkanes) is 1. The first-order chi connectivity index (χ1) is 8.27. The molecule has 1 rings (SSSR count). The molecule has 0 saturated carbocycles. The van der Waals surface area contributed by atoms with E-state index >= 15 is 0 Å². The summed E-state index contributed by atoms with van der Waals surface area (Å²) in [5, 5.41) is 0. The molecule has 0 atom stereocenters. The first-order valence-electron chi connectivity index (χ1n) is 5.92. The molecule has 0 saturated heterocycles. The fraction of sp³-hybridized carbons (Fsp3) is 0.538. The lowest BCUT2D eigenvalue weighted by molar-refractivity contribution is 0.0975. The van der Waals surface area contributed by atoms with Gasteiger partial charge in [0.05, 0.1) is 6.61 Å². The number of anilines is 1. The van der Waals surface area contributed by atoms with Crippen molar-refractivity contribution in [2.24, 2.45) is 0 Å². The largest absolute Gasteiger partial charge is 0.491 e. The SMILES string of the molecule is CCCCOCCOc1ccc(N)cc1CF. The molecule has 0 aliphatic rings. The molecule has 0 fully saturated rings. The molecule has 0 aliphatic carbocycles. The van der Waals surface area contributed by atoms with Crippen molar-refractivity contribution in [3.63, 3.8) is 0 Å². The standard InChI is InChI=1S/C13H20FNO2/c1-2-3-6-16-7-8-17-13-5-4-12(15)9-11(13)10-14/h4-5,9H,2-3,6-8,10,15H2,1H3. The third-order valence-electron chi connectivity index (χ3n) is 2.36. The van der Waals surface area contributed by atoms with Crippen molar-refractivity contribution in [1.82, 2.24) is 0 Å². The first-order valence-corrected chi connectivity index (χ1v) is 5.92. The molecule has 0 unspecified atom stereocenters. The van der Waals surface area contributed by atoms with Gasteiger partial charge in [0.2, 0.25) is 0 Å². The fourth-order valence-electron chi connectivity index (χ4n) is 1.40. The van der Waals surface area contributed by atoms with Crippen LogP contribution in [0.25, 0.3) is 0 Å². The highest BCUT2D eigenvalue weighted by molar-refractivity contribution is 5.47. The number of hydrogen-bond donors (Lipinski definition) is 1. The van der Waals surface area contributed by atoms with Gasteiger partial charge in [-0.1, -0.05) is 13.3 Å². The molecule has 3 nitrogen and oxygen atoms in total. The lowest BCUT2D eigenvalue weighted by atomic mass is 10.2. The van der Waals surface area contributed by atoms with Crippen LogP contribution in [0.5, 0.6) is 5.75 Å². The van der Waals surface area contributed by atoms with E-state index < -0.39 is 6.67 Å². The monoisotopic (exact) mass is 241 g/mol. The number of rotatable bonds is 8. The Bertz CT molecular complexity index is 331. The zero-order valence-corrected chi connectivity index (χ0v) is 10.2. The van der Waals surface area contributed by atoms with Gasteiger partial charge in [0.1, 0.15) is 19.0 Å². The second kappa shape index (κ2) is 7.90. The summed E-state index contributed by atoms with van der Waals surface area (Å²) in [5.41, 5.74) is 6.60. The summed E-state index contributed by atoms with van der Waals surface area (Å²) in [6.45, 7) is 3.24. The van der Waals surface area contributed by atoms with Crippen LogP contribution >= 0.6 is 0 Å². The quantitative estimate of drug-likeness (QED) is 0.562. The van der Waals surface area contributed by atoms with Gasteiger partial charge < -0.3 is 15.2 Å². The number of hydrogen-bond acceptors (Lipinski definition) is 3. The molecule has 2 N–H and O–H groups in total. The van der Waals surface area contributed by atoms with E-state index in [1.54, 1.807) is 18.2 Å². The molecular formula is C13H20FNO2. The summed E-state index contributed by atoms with van der Waals surface area (Å²) in [5.74, 6) is 0.542. The van der Waals surface area contributed by atoms with Crippen LogP contribution < -0.4 is 10.5 Å². The summed E-state index contributed by atoms with van der Waals surface area (Å²) in [6.07, 6.45) is 2.17. The van der Waals surface area contributed by atoms with Crippen molar-refractivity contribution in [1.29, 1.82) is 0 Å². The molecule has 0 aromatic heterocycles. The van der Waals surface area contributed by atoms with Crippen LogP contribution in [0.1, 0.15) is 25.3 Å². The zero-order chi connectivity index (χ0) is 12.5. The van der Waals surface area contributed by atoms with Gasteiger partial charge in [-0.15, -0.1) is 0 Å². The molecular weight excluding hydrogens is 221 g/mol. The lowest BCUT2D eigenvalue weighted by Crippen LogP contribution is -2.08. The van der Waals surface area contributed by atoms with Crippen LogP contribution in [0.3, 0.4) is 0 Å². The molecule has 0 bridgehead atoms. The van der Waals surface area contributed by atoms with Crippen LogP contribution in [0.4, 0.5) is 10.1 Å². The Hall–Kier alpha value is -1.29. The van der Waals surface area contributed by atoms with Crippen LogP contribution in [-0.2, 0) is 11.4 Å². The van der Waals surface area contributed by atoms with Crippen LogP contribution in [0.2, 0.25) is 0 Å². The summed E-state index contributed by atoms with van der Waals surface area (Å²) in [4.78, 5) is 0. The van der Waals surface area contributed by atoms with E-state index in [-0.39, 0.29) is 0 Å². The Kier molecular flexibility index (Phi) is 6.40. The lowest BCUT2D eigenvalue weighted by Gasteiger charge is -2.10. The van der Waals surface area contributed by atoms with Crippen LogP contribution in [-0.4, -0.2) is 19.8 Å². The first kappa shape index (κ1) is 13.8. The minimum absolute atomic E-state index is 0.431. The second-order valence-electron chi connectivity index (χ2n) is 3.82. The summed E-state index contributed by atoms with van der Waals surface area (Å²) >= 11 is 0. The summed E-state index contributed by atoms with van der Waals surface area (Å²) in [7, 11) is 0. The second-order valence-corrected chi connectivity index (χ2v) is 3.82. The summed E-state index contributed by atoms with van der Waals surface area (Å²) < 4.78 is 23.5. The van der Waals surface area contributed by atoms with Gasteiger partial charge in [-0.05, 0) is 24.6 Å². The van der Waals surface area contributed by atoms with Gasteiger partial charge in [0.25, 0.3) is 0 Å². The molecule has 17 heavy (non-hydrogen) atoms. The van der Waals surface area contributed by atoms with Crippen molar-refractivity contribution < 1.29 is 13.9 Å². The van der Waals surface area contributed by atoms with Crippen molar-refractivity contribution in [3.05, 3.63) is 23.8 Å². The van der Waals surface area contributed by atoms with Gasteiger partial charge >= 0.3 is 0 Å². The van der Waals surface area contributed by atoms with E-state index in [4.69, 9.17) is 15.2 Å². The molecule has 0 amide bonds. The number of halogens is 1.